The van der Waals surface area contributed by atoms with Crippen molar-refractivity contribution >= 4 is 0 Å². The lowest BCUT2D eigenvalue weighted by atomic mass is 9.89. The zero-order chi connectivity index (χ0) is 14.8. The van der Waals surface area contributed by atoms with Crippen LogP contribution in [0.3, 0.4) is 0 Å². The molecule has 5 nitrogen and oxygen atoms in total. The van der Waals surface area contributed by atoms with Gasteiger partial charge in [0.1, 0.15) is 0 Å². The Morgan fingerprint density at radius 3 is 2.85 bits per heavy atom. The molecule has 0 aromatic carbocycles. The number of rotatable bonds is 4. The first kappa shape index (κ1) is 15.5. The molecule has 114 valence electrons. The van der Waals surface area contributed by atoms with E-state index < -0.39 is 0 Å². The van der Waals surface area contributed by atoms with Gasteiger partial charge in [-0.1, -0.05) is 20.8 Å². The second-order valence-corrected chi connectivity index (χ2v) is 6.82. The van der Waals surface area contributed by atoms with Gasteiger partial charge in [0, 0.05) is 50.4 Å². The summed E-state index contributed by atoms with van der Waals surface area (Å²) >= 11 is 0. The van der Waals surface area contributed by atoms with E-state index in [9.17, 15) is 0 Å². The number of morpholine rings is 1. The van der Waals surface area contributed by atoms with Gasteiger partial charge in [-0.25, -0.2) is 0 Å². The molecule has 0 aliphatic carbocycles. The molecule has 1 aliphatic heterocycles. The minimum atomic E-state index is 0.0837. The molecule has 1 aromatic rings. The quantitative estimate of drug-likeness (QED) is 0.898. The molecule has 1 fully saturated rings. The van der Waals surface area contributed by atoms with Crippen molar-refractivity contribution < 1.29 is 4.74 Å². The maximum absolute atomic E-state index is 5.76. The number of aryl methyl sites for hydroxylation is 1. The first-order valence-electron chi connectivity index (χ1n) is 7.40. The number of hydrogen-bond acceptors (Lipinski definition) is 4. The highest BCUT2D eigenvalue weighted by atomic mass is 16.5. The lowest BCUT2D eigenvalue weighted by Gasteiger charge is -2.28. The van der Waals surface area contributed by atoms with Gasteiger partial charge in [0.2, 0.25) is 0 Å². The molecule has 0 saturated carbocycles. The monoisotopic (exact) mass is 280 g/mol. The zero-order valence-corrected chi connectivity index (χ0v) is 13.4. The smallest absolute Gasteiger partial charge is 0.0826 e. The molecule has 5 heteroatoms. The minimum absolute atomic E-state index is 0.0837. The van der Waals surface area contributed by atoms with Crippen molar-refractivity contribution in [1.29, 1.82) is 0 Å². The third-order valence-electron chi connectivity index (χ3n) is 3.57. The number of aromatic nitrogens is 2. The first-order chi connectivity index (χ1) is 9.36. The molecular formula is C15H28N4O. The largest absolute Gasteiger partial charge is 0.374 e. The van der Waals surface area contributed by atoms with Crippen molar-refractivity contribution in [2.45, 2.75) is 38.8 Å². The summed E-state index contributed by atoms with van der Waals surface area (Å²) in [7, 11) is 4.14. The van der Waals surface area contributed by atoms with Crippen LogP contribution < -0.4 is 5.32 Å². The Hall–Kier alpha value is -0.910. The van der Waals surface area contributed by atoms with Crippen molar-refractivity contribution in [2.75, 3.05) is 33.3 Å². The number of nitrogens with one attached hydrogen (secondary N) is 1. The van der Waals surface area contributed by atoms with Crippen LogP contribution in [0.4, 0.5) is 0 Å². The number of nitrogens with zero attached hydrogens (tertiary/aromatic N) is 3. The summed E-state index contributed by atoms with van der Waals surface area (Å²) < 4.78 is 7.68. The van der Waals surface area contributed by atoms with Crippen LogP contribution in [0, 0.1) is 0 Å². The molecule has 1 atom stereocenters. The second-order valence-electron chi connectivity index (χ2n) is 6.82. The van der Waals surface area contributed by atoms with E-state index in [-0.39, 0.29) is 5.41 Å². The number of likely N-dealkylation sites (N-methyl/N-ethyl adjacent to an activating group) is 1. The fraction of sp³-hybridized carbons (Fsp3) is 0.800. The molecule has 2 rings (SSSR count). The first-order valence-corrected chi connectivity index (χ1v) is 7.40. The lowest BCUT2D eigenvalue weighted by molar-refractivity contribution is 0.00878. The van der Waals surface area contributed by atoms with Gasteiger partial charge in [-0.05, 0) is 7.05 Å². The van der Waals surface area contributed by atoms with Crippen molar-refractivity contribution in [2.24, 2.45) is 7.05 Å². The Balaban J connectivity index is 1.98. The Morgan fingerprint density at radius 2 is 2.25 bits per heavy atom. The van der Waals surface area contributed by atoms with E-state index >= 15 is 0 Å². The Kier molecular flexibility index (Phi) is 4.83. The van der Waals surface area contributed by atoms with E-state index in [2.05, 4.69) is 49.3 Å². The number of hydrogen-bond donors (Lipinski definition) is 1. The highest BCUT2D eigenvalue weighted by molar-refractivity contribution is 5.23. The van der Waals surface area contributed by atoms with Crippen LogP contribution >= 0.6 is 0 Å². The van der Waals surface area contributed by atoms with Gasteiger partial charge in [0.15, 0.2) is 0 Å². The van der Waals surface area contributed by atoms with Gasteiger partial charge in [-0.2, -0.15) is 5.10 Å². The summed E-state index contributed by atoms with van der Waals surface area (Å²) in [4.78, 5) is 2.32. The van der Waals surface area contributed by atoms with Crippen LogP contribution in [-0.4, -0.2) is 54.1 Å². The molecule has 0 amide bonds. The average Bonchev–Trinajstić information content (AvgIpc) is 2.71. The normalized spacial score (nSPS) is 20.6. The summed E-state index contributed by atoms with van der Waals surface area (Å²) in [6, 6.07) is 0. The van der Waals surface area contributed by atoms with Gasteiger partial charge in [0.25, 0.3) is 0 Å². The third kappa shape index (κ3) is 4.04. The zero-order valence-electron chi connectivity index (χ0n) is 13.4. The topological polar surface area (TPSA) is 42.3 Å². The summed E-state index contributed by atoms with van der Waals surface area (Å²) in [6.45, 7) is 11.2. The van der Waals surface area contributed by atoms with Crippen LogP contribution in [-0.2, 0) is 23.7 Å². The van der Waals surface area contributed by atoms with Gasteiger partial charge in [0.05, 0.1) is 18.4 Å². The fourth-order valence-corrected chi connectivity index (χ4v) is 2.72. The van der Waals surface area contributed by atoms with E-state index in [1.54, 1.807) is 0 Å². The second kappa shape index (κ2) is 6.24. The molecule has 0 bridgehead atoms. The van der Waals surface area contributed by atoms with Gasteiger partial charge < -0.3 is 10.1 Å². The van der Waals surface area contributed by atoms with Gasteiger partial charge in [-0.3, -0.25) is 9.58 Å². The Morgan fingerprint density at radius 1 is 1.50 bits per heavy atom. The predicted octanol–water partition coefficient (Wildman–Crippen LogP) is 1.14. The standard InChI is InChI=1S/C15H28N4O/c1-15(2,3)14-12(10-19(5)17-14)9-18(4)11-13-8-16-6-7-20-13/h10,13,16H,6-9,11H2,1-5H3. The summed E-state index contributed by atoms with van der Waals surface area (Å²) in [6.07, 6.45) is 2.43. The molecule has 0 radical (unpaired) electrons. The average molecular weight is 280 g/mol. The molecule has 20 heavy (non-hydrogen) atoms. The SMILES string of the molecule is CN(Cc1cn(C)nc1C(C)(C)C)CC1CNCCO1. The Bertz CT molecular complexity index is 430. The molecule has 2 heterocycles. The lowest BCUT2D eigenvalue weighted by Crippen LogP contribution is -2.44. The van der Waals surface area contributed by atoms with E-state index in [1.807, 2.05) is 11.7 Å². The van der Waals surface area contributed by atoms with Crippen LogP contribution in [0.15, 0.2) is 6.20 Å². The molecule has 1 aromatic heterocycles. The maximum Gasteiger partial charge on any atom is 0.0826 e. The fourth-order valence-electron chi connectivity index (χ4n) is 2.72. The minimum Gasteiger partial charge on any atom is -0.374 e. The van der Waals surface area contributed by atoms with Crippen LogP contribution in [0.1, 0.15) is 32.0 Å². The van der Waals surface area contributed by atoms with Gasteiger partial charge in [-0.15, -0.1) is 0 Å². The van der Waals surface area contributed by atoms with Crippen molar-refractivity contribution in [3.63, 3.8) is 0 Å². The molecule has 1 saturated heterocycles. The van der Waals surface area contributed by atoms with Crippen LogP contribution in [0.25, 0.3) is 0 Å². The number of ether oxygens (including phenoxy) is 1. The highest BCUT2D eigenvalue weighted by Gasteiger charge is 2.23. The molecule has 1 unspecified atom stereocenters. The summed E-state index contributed by atoms with van der Waals surface area (Å²) in [5, 5.41) is 8.00. The van der Waals surface area contributed by atoms with Gasteiger partial charge >= 0.3 is 0 Å². The molecule has 0 spiro atoms. The van der Waals surface area contributed by atoms with Crippen molar-refractivity contribution in [3.05, 3.63) is 17.5 Å². The van der Waals surface area contributed by atoms with Crippen LogP contribution in [0.5, 0.6) is 0 Å². The molecular weight excluding hydrogens is 252 g/mol. The van der Waals surface area contributed by atoms with Crippen molar-refractivity contribution in [3.8, 4) is 0 Å². The highest BCUT2D eigenvalue weighted by Crippen LogP contribution is 2.24. The van der Waals surface area contributed by atoms with E-state index in [0.29, 0.717) is 6.10 Å². The van der Waals surface area contributed by atoms with E-state index in [0.717, 1.165) is 32.8 Å². The Labute approximate surface area is 122 Å². The maximum atomic E-state index is 5.76. The summed E-state index contributed by atoms with van der Waals surface area (Å²) in [5.74, 6) is 0. The van der Waals surface area contributed by atoms with Crippen molar-refractivity contribution in [1.82, 2.24) is 20.0 Å². The predicted molar refractivity (Wildman–Crippen MR) is 80.9 cm³/mol. The molecule has 1 aliphatic rings. The molecule has 1 N–H and O–H groups in total. The van der Waals surface area contributed by atoms with Crippen LogP contribution in [0.2, 0.25) is 0 Å². The van der Waals surface area contributed by atoms with E-state index in [4.69, 9.17) is 4.74 Å². The summed E-state index contributed by atoms with van der Waals surface area (Å²) in [5.41, 5.74) is 2.58. The third-order valence-corrected chi connectivity index (χ3v) is 3.57. The van der Waals surface area contributed by atoms with E-state index in [1.165, 1.54) is 11.3 Å².